The highest BCUT2D eigenvalue weighted by molar-refractivity contribution is 7.08. The van der Waals surface area contributed by atoms with Crippen LogP contribution >= 0.6 is 11.3 Å². The molecule has 1 aromatic carbocycles. The molecule has 7 heteroatoms. The molecule has 4 rings (SSSR count). The quantitative estimate of drug-likeness (QED) is 0.805. The minimum absolute atomic E-state index is 0.134. The van der Waals surface area contributed by atoms with E-state index in [-0.39, 0.29) is 18.0 Å². The molecule has 0 aliphatic carbocycles. The summed E-state index contributed by atoms with van der Waals surface area (Å²) < 4.78 is 0. The van der Waals surface area contributed by atoms with Crippen molar-refractivity contribution < 1.29 is 9.59 Å². The number of nitrogens with one attached hydrogen (secondary N) is 2. The van der Waals surface area contributed by atoms with Crippen LogP contribution in [0.3, 0.4) is 0 Å². The van der Waals surface area contributed by atoms with Gasteiger partial charge >= 0.3 is 6.03 Å². The van der Waals surface area contributed by atoms with Gasteiger partial charge in [-0.25, -0.2) is 4.79 Å². The molecule has 0 radical (unpaired) electrons. The van der Waals surface area contributed by atoms with Gasteiger partial charge in [0, 0.05) is 29.4 Å². The monoisotopic (exact) mass is 370 g/mol. The van der Waals surface area contributed by atoms with E-state index in [1.54, 1.807) is 10.3 Å². The molecule has 1 saturated heterocycles. The van der Waals surface area contributed by atoms with Crippen LogP contribution in [0.2, 0.25) is 0 Å². The molecule has 3 heterocycles. The van der Waals surface area contributed by atoms with Gasteiger partial charge in [0.2, 0.25) is 0 Å². The molecular weight excluding hydrogens is 348 g/mol. The molecule has 0 spiro atoms. The van der Waals surface area contributed by atoms with E-state index in [9.17, 15) is 9.59 Å². The number of nitrogens with zero attached hydrogens (tertiary/aromatic N) is 2. The molecule has 136 valence electrons. The highest BCUT2D eigenvalue weighted by atomic mass is 32.1. The molecule has 2 aliphatic rings. The first kappa shape index (κ1) is 17.1. The van der Waals surface area contributed by atoms with Crippen molar-refractivity contribution in [1.82, 2.24) is 10.2 Å². The average Bonchev–Trinajstić information content (AvgIpc) is 3.05. The van der Waals surface area contributed by atoms with E-state index >= 15 is 0 Å². The van der Waals surface area contributed by atoms with Gasteiger partial charge in [0.15, 0.2) is 0 Å². The van der Waals surface area contributed by atoms with E-state index in [2.05, 4.69) is 29.5 Å². The van der Waals surface area contributed by atoms with Crippen molar-refractivity contribution in [1.29, 1.82) is 0 Å². The summed E-state index contributed by atoms with van der Waals surface area (Å²) in [6.07, 6.45) is 1.85. The Hall–Kier alpha value is -2.38. The Morgan fingerprint density at radius 2 is 2.08 bits per heavy atom. The van der Waals surface area contributed by atoms with E-state index in [1.807, 2.05) is 29.6 Å². The lowest BCUT2D eigenvalue weighted by Gasteiger charge is -2.36. The average molecular weight is 370 g/mol. The molecule has 0 saturated carbocycles. The van der Waals surface area contributed by atoms with E-state index in [4.69, 9.17) is 0 Å². The van der Waals surface area contributed by atoms with Gasteiger partial charge < -0.3 is 15.5 Å². The second-order valence-corrected chi connectivity index (χ2v) is 7.72. The van der Waals surface area contributed by atoms with Gasteiger partial charge in [0.25, 0.3) is 5.91 Å². The molecule has 2 atom stereocenters. The first-order valence-corrected chi connectivity index (χ1v) is 9.76. The highest BCUT2D eigenvalue weighted by Crippen LogP contribution is 2.39. The predicted molar refractivity (Wildman–Crippen MR) is 104 cm³/mol. The van der Waals surface area contributed by atoms with Crippen LogP contribution in [-0.2, 0) is 0 Å². The number of thiophene rings is 1. The summed E-state index contributed by atoms with van der Waals surface area (Å²) in [5.41, 5.74) is 2.50. The summed E-state index contributed by atoms with van der Waals surface area (Å²) in [6.45, 7) is 3.14. The van der Waals surface area contributed by atoms with Crippen LogP contribution in [0.4, 0.5) is 21.9 Å². The number of urea groups is 1. The maximum atomic E-state index is 13.2. The molecule has 1 aromatic heterocycles. The lowest BCUT2D eigenvalue weighted by Crippen LogP contribution is -2.50. The summed E-state index contributed by atoms with van der Waals surface area (Å²) in [7, 11) is 2.11. The van der Waals surface area contributed by atoms with Crippen LogP contribution in [-0.4, -0.2) is 42.5 Å². The Morgan fingerprint density at radius 3 is 2.88 bits per heavy atom. The van der Waals surface area contributed by atoms with E-state index in [1.165, 1.54) is 11.3 Å². The third-order valence-electron chi connectivity index (χ3n) is 5.26. The summed E-state index contributed by atoms with van der Waals surface area (Å²) in [5.74, 6) is -0.183. The van der Waals surface area contributed by atoms with Gasteiger partial charge in [0.05, 0.1) is 22.6 Å². The Labute approximate surface area is 156 Å². The Morgan fingerprint density at radius 1 is 1.27 bits per heavy atom. The van der Waals surface area contributed by atoms with Crippen molar-refractivity contribution in [3.8, 4) is 0 Å². The number of likely N-dealkylation sites (tertiary alicyclic amines) is 1. The Balaban J connectivity index is 1.66. The Bertz CT molecular complexity index is 850. The zero-order valence-electron chi connectivity index (χ0n) is 14.9. The fourth-order valence-electron chi connectivity index (χ4n) is 3.61. The number of fused-ring (bicyclic) bond motifs is 2. The maximum Gasteiger partial charge on any atom is 0.326 e. The summed E-state index contributed by atoms with van der Waals surface area (Å²) in [4.78, 5) is 29.6. The molecule has 2 aromatic rings. The normalized spacial score (nSPS) is 22.8. The molecule has 1 fully saturated rings. The summed E-state index contributed by atoms with van der Waals surface area (Å²) in [5, 5.41) is 9.73. The van der Waals surface area contributed by atoms with Gasteiger partial charge in [0.1, 0.15) is 0 Å². The minimum Gasteiger partial charge on any atom is -0.335 e. The van der Waals surface area contributed by atoms with Crippen molar-refractivity contribution >= 4 is 40.3 Å². The number of hydrogen-bond donors (Lipinski definition) is 2. The van der Waals surface area contributed by atoms with Crippen LogP contribution in [0.5, 0.6) is 0 Å². The number of carbonyl (C=O) groups is 2. The van der Waals surface area contributed by atoms with E-state index < -0.39 is 0 Å². The second kappa shape index (κ2) is 6.74. The summed E-state index contributed by atoms with van der Waals surface area (Å²) >= 11 is 1.42. The molecule has 2 N–H and O–H groups in total. The van der Waals surface area contributed by atoms with Gasteiger partial charge in [-0.15, -0.1) is 11.3 Å². The van der Waals surface area contributed by atoms with Crippen LogP contribution in [0, 0.1) is 0 Å². The molecule has 0 unspecified atom stereocenters. The standard InChI is InChI=1S/C19H22N4O2S/c1-12-9-13(7-8-22(12)2)20-19(25)23-16-6-4-3-5-15(16)21-18(24)14-10-26-11-17(14)23/h3-6,10-13H,7-9H2,1-2H3,(H,20,25)(H,21,24)/t12-,13+/m1/s1. The van der Waals surface area contributed by atoms with Gasteiger partial charge in [-0.3, -0.25) is 9.69 Å². The Kier molecular flexibility index (Phi) is 4.42. The van der Waals surface area contributed by atoms with E-state index in [0.717, 1.165) is 19.4 Å². The predicted octanol–water partition coefficient (Wildman–Crippen LogP) is 3.64. The second-order valence-electron chi connectivity index (χ2n) is 6.98. The fourth-order valence-corrected chi connectivity index (χ4v) is 4.40. The third-order valence-corrected chi connectivity index (χ3v) is 5.99. The van der Waals surface area contributed by atoms with Crippen molar-refractivity contribution in [2.75, 3.05) is 23.8 Å². The number of para-hydroxylation sites is 2. The third kappa shape index (κ3) is 2.97. The summed E-state index contributed by atoms with van der Waals surface area (Å²) in [6, 6.07) is 7.79. The van der Waals surface area contributed by atoms with Crippen LogP contribution < -0.4 is 15.5 Å². The molecular formula is C19H22N4O2S. The molecule has 26 heavy (non-hydrogen) atoms. The smallest absolute Gasteiger partial charge is 0.326 e. The number of benzene rings is 1. The number of amides is 3. The number of carbonyl (C=O) groups excluding carboxylic acids is 2. The lowest BCUT2D eigenvalue weighted by molar-refractivity contribution is 0.102. The van der Waals surface area contributed by atoms with Crippen LogP contribution in [0.25, 0.3) is 0 Å². The molecule has 3 amide bonds. The topological polar surface area (TPSA) is 64.7 Å². The molecule has 6 nitrogen and oxygen atoms in total. The number of anilines is 3. The maximum absolute atomic E-state index is 13.2. The van der Waals surface area contributed by atoms with Gasteiger partial charge in [-0.1, -0.05) is 12.1 Å². The van der Waals surface area contributed by atoms with Crippen molar-refractivity contribution in [3.63, 3.8) is 0 Å². The largest absolute Gasteiger partial charge is 0.335 e. The van der Waals surface area contributed by atoms with Crippen LogP contribution in [0.15, 0.2) is 35.0 Å². The zero-order valence-corrected chi connectivity index (χ0v) is 15.7. The SMILES string of the molecule is C[C@@H]1C[C@@H](NC(=O)N2c3ccccc3NC(=O)c3cscc32)CCN1C. The van der Waals surface area contributed by atoms with E-state index in [0.29, 0.717) is 28.7 Å². The number of piperidine rings is 1. The first-order valence-electron chi connectivity index (χ1n) is 8.82. The van der Waals surface area contributed by atoms with Crippen LogP contribution in [0.1, 0.15) is 30.1 Å². The van der Waals surface area contributed by atoms with Gasteiger partial charge in [-0.2, -0.15) is 0 Å². The zero-order chi connectivity index (χ0) is 18.3. The van der Waals surface area contributed by atoms with Gasteiger partial charge in [-0.05, 0) is 38.9 Å². The van der Waals surface area contributed by atoms with Crippen molar-refractivity contribution in [2.24, 2.45) is 0 Å². The number of hydrogen-bond acceptors (Lipinski definition) is 4. The van der Waals surface area contributed by atoms with Crippen molar-refractivity contribution in [2.45, 2.75) is 31.8 Å². The minimum atomic E-state index is -0.185. The number of rotatable bonds is 1. The highest BCUT2D eigenvalue weighted by Gasteiger charge is 2.32. The molecule has 2 aliphatic heterocycles. The van der Waals surface area contributed by atoms with Crippen molar-refractivity contribution in [3.05, 3.63) is 40.6 Å². The fraction of sp³-hybridized carbons (Fsp3) is 0.368. The first-order chi connectivity index (χ1) is 12.5. The molecule has 0 bridgehead atoms. The lowest BCUT2D eigenvalue weighted by atomic mass is 9.99.